The van der Waals surface area contributed by atoms with Gasteiger partial charge in [0.25, 0.3) is 5.71 Å². The Labute approximate surface area is 92.4 Å². The molecule has 0 amide bonds. The lowest BCUT2D eigenvalue weighted by Gasteiger charge is -2.24. The van der Waals surface area contributed by atoms with E-state index < -0.39 is 0 Å². The minimum Gasteiger partial charge on any atom is -0.365 e. The molecule has 1 aliphatic heterocycles. The summed E-state index contributed by atoms with van der Waals surface area (Å²) in [5.41, 5.74) is 0.529. The van der Waals surface area contributed by atoms with E-state index in [-0.39, 0.29) is 0 Å². The van der Waals surface area contributed by atoms with Crippen LogP contribution >= 0.6 is 0 Å². The van der Waals surface area contributed by atoms with Gasteiger partial charge in [-0.2, -0.15) is 4.98 Å². The normalized spacial score (nSPS) is 21.1. The zero-order chi connectivity index (χ0) is 10.8. The van der Waals surface area contributed by atoms with Gasteiger partial charge in [-0.3, -0.25) is 0 Å². The van der Waals surface area contributed by atoms with Crippen LogP contribution in [0.4, 0.5) is 5.82 Å². The summed E-state index contributed by atoms with van der Waals surface area (Å²) in [6, 6.07) is 0.418. The summed E-state index contributed by atoms with van der Waals surface area (Å²) in [4.78, 5) is 8.22. The van der Waals surface area contributed by atoms with Crippen LogP contribution in [0.5, 0.6) is 0 Å². The van der Waals surface area contributed by atoms with Crippen molar-refractivity contribution in [2.75, 3.05) is 18.4 Å². The molecule has 1 saturated heterocycles. The summed E-state index contributed by atoms with van der Waals surface area (Å²) in [6.45, 7) is 2.07. The highest BCUT2D eigenvalue weighted by molar-refractivity contribution is 5.84. The molecule has 3 rings (SSSR count). The van der Waals surface area contributed by atoms with Gasteiger partial charge in [0, 0.05) is 12.6 Å². The largest absolute Gasteiger partial charge is 0.365 e. The van der Waals surface area contributed by atoms with E-state index in [0.717, 1.165) is 30.7 Å². The maximum absolute atomic E-state index is 4.99. The second-order valence-electron chi connectivity index (χ2n) is 3.95. The highest BCUT2D eigenvalue weighted by atomic mass is 16.5. The van der Waals surface area contributed by atoms with Crippen LogP contribution in [0, 0.1) is 0 Å². The topological polar surface area (TPSA) is 75.9 Å². The first kappa shape index (κ1) is 9.53. The van der Waals surface area contributed by atoms with Crippen LogP contribution in [-0.2, 0) is 0 Å². The molecule has 6 nitrogen and oxygen atoms in total. The van der Waals surface area contributed by atoms with E-state index in [2.05, 4.69) is 25.8 Å². The summed E-state index contributed by atoms with van der Waals surface area (Å²) in [7, 11) is 0. The van der Waals surface area contributed by atoms with Gasteiger partial charge in [-0.05, 0) is 19.4 Å². The van der Waals surface area contributed by atoms with Crippen molar-refractivity contribution in [3.8, 4) is 0 Å². The second-order valence-corrected chi connectivity index (χ2v) is 3.95. The third-order valence-corrected chi connectivity index (χ3v) is 2.81. The molecule has 2 N–H and O–H groups in total. The number of fused-ring (bicyclic) bond motifs is 1. The molecule has 0 bridgehead atoms. The molecular formula is C10H13N5O. The first-order valence-electron chi connectivity index (χ1n) is 5.46. The standard InChI is InChI=1S/C10H13N5O/c1-2-7(4-11-3-1)15-9-8-5-14-16-10(8)13-6-12-9/h5-7,11H,1-4H2,(H,12,13,15). The van der Waals surface area contributed by atoms with Gasteiger partial charge in [0.05, 0.1) is 6.20 Å². The zero-order valence-electron chi connectivity index (χ0n) is 8.81. The third-order valence-electron chi connectivity index (χ3n) is 2.81. The van der Waals surface area contributed by atoms with Gasteiger partial charge in [0.15, 0.2) is 0 Å². The van der Waals surface area contributed by atoms with Gasteiger partial charge in [-0.25, -0.2) is 4.98 Å². The van der Waals surface area contributed by atoms with Gasteiger partial charge in [0.2, 0.25) is 0 Å². The lowest BCUT2D eigenvalue weighted by Crippen LogP contribution is -2.38. The number of hydrogen-bond donors (Lipinski definition) is 2. The van der Waals surface area contributed by atoms with Gasteiger partial charge in [-0.15, -0.1) is 0 Å². The molecule has 84 valence electrons. The van der Waals surface area contributed by atoms with Crippen LogP contribution in [0.1, 0.15) is 12.8 Å². The molecule has 1 fully saturated rings. The molecule has 0 spiro atoms. The minimum atomic E-state index is 0.418. The molecule has 3 heterocycles. The number of aromatic nitrogens is 3. The van der Waals surface area contributed by atoms with Crippen LogP contribution in [0.3, 0.4) is 0 Å². The number of rotatable bonds is 2. The lowest BCUT2D eigenvalue weighted by atomic mass is 10.1. The van der Waals surface area contributed by atoms with Crippen LogP contribution in [0.2, 0.25) is 0 Å². The number of piperidine rings is 1. The van der Waals surface area contributed by atoms with Crippen molar-refractivity contribution in [2.24, 2.45) is 0 Å². The molecule has 2 aromatic heterocycles. The average molecular weight is 219 g/mol. The van der Waals surface area contributed by atoms with Gasteiger partial charge < -0.3 is 15.2 Å². The fraction of sp³-hybridized carbons (Fsp3) is 0.500. The maximum Gasteiger partial charge on any atom is 0.262 e. The van der Waals surface area contributed by atoms with Crippen molar-refractivity contribution in [2.45, 2.75) is 18.9 Å². The van der Waals surface area contributed by atoms with Gasteiger partial charge in [-0.1, -0.05) is 5.16 Å². The van der Waals surface area contributed by atoms with E-state index in [4.69, 9.17) is 4.52 Å². The predicted octanol–water partition coefficient (Wildman–Crippen LogP) is 0.782. The minimum absolute atomic E-state index is 0.418. The number of hydrogen-bond acceptors (Lipinski definition) is 6. The summed E-state index contributed by atoms with van der Waals surface area (Å²) in [5, 5.41) is 11.3. The fourth-order valence-electron chi connectivity index (χ4n) is 1.98. The van der Waals surface area contributed by atoms with E-state index in [1.807, 2.05) is 0 Å². The molecule has 0 saturated carbocycles. The molecule has 1 atom stereocenters. The Bertz CT molecular complexity index is 477. The molecule has 2 aromatic rings. The fourth-order valence-corrected chi connectivity index (χ4v) is 1.98. The van der Waals surface area contributed by atoms with Crippen LogP contribution < -0.4 is 10.6 Å². The first-order valence-corrected chi connectivity index (χ1v) is 5.46. The predicted molar refractivity (Wildman–Crippen MR) is 59.1 cm³/mol. The molecule has 0 radical (unpaired) electrons. The zero-order valence-corrected chi connectivity index (χ0v) is 8.81. The van der Waals surface area contributed by atoms with Crippen molar-refractivity contribution < 1.29 is 4.52 Å². The lowest BCUT2D eigenvalue weighted by molar-refractivity contribution is 0.448. The van der Waals surface area contributed by atoms with Crippen molar-refractivity contribution in [3.05, 3.63) is 12.5 Å². The molecule has 16 heavy (non-hydrogen) atoms. The van der Waals surface area contributed by atoms with Crippen molar-refractivity contribution in [1.29, 1.82) is 0 Å². The Hall–Kier alpha value is -1.69. The highest BCUT2D eigenvalue weighted by Gasteiger charge is 2.15. The third kappa shape index (κ3) is 1.71. The molecule has 0 aromatic carbocycles. The molecule has 0 aliphatic carbocycles. The van der Waals surface area contributed by atoms with E-state index in [0.29, 0.717) is 11.8 Å². The van der Waals surface area contributed by atoms with Crippen LogP contribution in [-0.4, -0.2) is 34.3 Å². The second kappa shape index (κ2) is 4.05. The summed E-state index contributed by atoms with van der Waals surface area (Å²) >= 11 is 0. The van der Waals surface area contributed by atoms with E-state index in [9.17, 15) is 0 Å². The van der Waals surface area contributed by atoms with Crippen LogP contribution in [0.15, 0.2) is 17.0 Å². The SMILES string of the molecule is c1nc(NC2CCCNC2)c2cnoc2n1. The molecule has 6 heteroatoms. The maximum atomic E-state index is 4.99. The average Bonchev–Trinajstić information content (AvgIpc) is 2.80. The Morgan fingerprint density at radius 1 is 1.44 bits per heavy atom. The van der Waals surface area contributed by atoms with Crippen LogP contribution in [0.25, 0.3) is 11.1 Å². The highest BCUT2D eigenvalue weighted by Crippen LogP contribution is 2.19. The summed E-state index contributed by atoms with van der Waals surface area (Å²) in [5.74, 6) is 0.806. The Balaban J connectivity index is 1.85. The number of anilines is 1. The Morgan fingerprint density at radius 2 is 2.44 bits per heavy atom. The molecule has 1 aliphatic rings. The Morgan fingerprint density at radius 3 is 3.31 bits per heavy atom. The summed E-state index contributed by atoms with van der Waals surface area (Å²) < 4.78 is 4.99. The smallest absolute Gasteiger partial charge is 0.262 e. The van der Waals surface area contributed by atoms with Gasteiger partial charge in [0.1, 0.15) is 17.5 Å². The first-order chi connectivity index (χ1) is 7.93. The van der Waals surface area contributed by atoms with Gasteiger partial charge >= 0.3 is 0 Å². The molecular weight excluding hydrogens is 206 g/mol. The van der Waals surface area contributed by atoms with E-state index in [1.54, 1.807) is 6.20 Å². The number of nitrogens with one attached hydrogen (secondary N) is 2. The van der Waals surface area contributed by atoms with E-state index >= 15 is 0 Å². The van der Waals surface area contributed by atoms with Crippen molar-refractivity contribution in [3.63, 3.8) is 0 Å². The van der Waals surface area contributed by atoms with Crippen molar-refractivity contribution >= 4 is 16.9 Å². The van der Waals surface area contributed by atoms with E-state index in [1.165, 1.54) is 12.7 Å². The Kier molecular flexibility index (Phi) is 2.41. The van der Waals surface area contributed by atoms with Crippen molar-refractivity contribution in [1.82, 2.24) is 20.4 Å². The summed E-state index contributed by atoms with van der Waals surface area (Å²) in [6.07, 6.45) is 5.49. The monoisotopic (exact) mass is 219 g/mol. The molecule has 1 unspecified atom stereocenters. The quantitative estimate of drug-likeness (QED) is 0.777. The number of nitrogens with zero attached hydrogens (tertiary/aromatic N) is 3.